The van der Waals surface area contributed by atoms with Gasteiger partial charge in [-0.3, -0.25) is 9.97 Å². The number of ether oxygens (including phenoxy) is 1. The summed E-state index contributed by atoms with van der Waals surface area (Å²) in [6.07, 6.45) is 8.39. The van der Waals surface area contributed by atoms with Gasteiger partial charge in [0.05, 0.1) is 12.4 Å². The Balaban J connectivity index is 0.00000144. The van der Waals surface area contributed by atoms with Crippen LogP contribution in [-0.4, -0.2) is 21.1 Å². The van der Waals surface area contributed by atoms with Crippen molar-refractivity contribution in [1.29, 1.82) is 0 Å². The number of pyridine rings is 1. The summed E-state index contributed by atoms with van der Waals surface area (Å²) in [5.41, 5.74) is 4.41. The van der Waals surface area contributed by atoms with Crippen LogP contribution in [0.5, 0.6) is 5.75 Å². The van der Waals surface area contributed by atoms with Gasteiger partial charge in [0.1, 0.15) is 0 Å². The molecule has 1 aromatic carbocycles. The van der Waals surface area contributed by atoms with Crippen molar-refractivity contribution in [3.63, 3.8) is 0 Å². The van der Waals surface area contributed by atoms with E-state index in [2.05, 4.69) is 26.7 Å². The second kappa shape index (κ2) is 6.05. The Morgan fingerprint density at radius 1 is 1.32 bits per heavy atom. The van der Waals surface area contributed by atoms with E-state index in [1.54, 1.807) is 6.20 Å². The minimum Gasteiger partial charge on any atom is -0.536 e. The van der Waals surface area contributed by atoms with Crippen LogP contribution in [0, 0.1) is 13.0 Å². The van der Waals surface area contributed by atoms with Gasteiger partial charge in [-0.15, -0.1) is 23.8 Å². The van der Waals surface area contributed by atoms with Crippen LogP contribution in [0.4, 0.5) is 0 Å². The van der Waals surface area contributed by atoms with Gasteiger partial charge >= 0.3 is 0 Å². The van der Waals surface area contributed by atoms with Crippen molar-refractivity contribution in [1.82, 2.24) is 14.5 Å². The fourth-order valence-electron chi connectivity index (χ4n) is 2.69. The number of hydrogen-bond donors (Lipinski definition) is 0. The molecule has 0 saturated heterocycles. The van der Waals surface area contributed by atoms with Crippen LogP contribution in [0.25, 0.3) is 17.1 Å². The van der Waals surface area contributed by atoms with E-state index in [0.29, 0.717) is 0 Å². The first kappa shape index (κ1) is 15.0. The van der Waals surface area contributed by atoms with Crippen LogP contribution in [0.3, 0.4) is 0 Å². The summed E-state index contributed by atoms with van der Waals surface area (Å²) in [5.74, 6) is 1.83. The summed E-state index contributed by atoms with van der Waals surface area (Å²) in [4.78, 5) is 8.65. The number of fused-ring (bicyclic) bond motifs is 1. The van der Waals surface area contributed by atoms with E-state index in [9.17, 15) is 0 Å². The number of aryl methyl sites for hydroxylation is 1. The zero-order valence-corrected chi connectivity index (χ0v) is 14.3. The summed E-state index contributed by atoms with van der Waals surface area (Å²) in [5, 5.41) is 0. The smallest absolute Gasteiger partial charge is 0.0781 e. The molecular weight excluding hydrogens is 457 g/mol. The van der Waals surface area contributed by atoms with Gasteiger partial charge in [-0.05, 0) is 25.0 Å². The molecule has 0 aliphatic carbocycles. The molecule has 0 unspecified atom stereocenters. The van der Waals surface area contributed by atoms with E-state index in [-0.39, 0.29) is 21.1 Å². The molecule has 1 aliphatic heterocycles. The number of rotatable bonds is 2. The van der Waals surface area contributed by atoms with Crippen molar-refractivity contribution in [3.8, 4) is 22.8 Å². The Labute approximate surface area is 143 Å². The van der Waals surface area contributed by atoms with Crippen LogP contribution in [0.1, 0.15) is 11.1 Å². The number of benzene rings is 1. The molecular formula is C17H14N3OPt-. The van der Waals surface area contributed by atoms with Gasteiger partial charge in [-0.1, -0.05) is 5.56 Å². The Morgan fingerprint density at radius 2 is 2.23 bits per heavy atom. The van der Waals surface area contributed by atoms with Crippen LogP contribution < -0.4 is 4.74 Å². The van der Waals surface area contributed by atoms with Crippen LogP contribution >= 0.6 is 0 Å². The standard InChI is InChI=1S/C17H14N3O.Pt/c1-12-11-18-6-4-15(12)20-8-7-19-17(20)14-2-3-16-13(10-14)5-9-21-16;/h3-4,6-8,10-11H,5,9H2,1H3;/q-1;. The first-order chi connectivity index (χ1) is 10.3. The van der Waals surface area contributed by atoms with Crippen LogP contribution in [-0.2, 0) is 27.5 Å². The minimum atomic E-state index is 0. The maximum Gasteiger partial charge on any atom is 0.0781 e. The molecule has 3 aromatic rings. The zero-order valence-electron chi connectivity index (χ0n) is 12.0. The van der Waals surface area contributed by atoms with Crippen molar-refractivity contribution in [2.24, 2.45) is 0 Å². The van der Waals surface area contributed by atoms with Crippen LogP contribution in [0.15, 0.2) is 43.0 Å². The van der Waals surface area contributed by atoms with E-state index in [0.717, 1.165) is 41.4 Å². The number of aromatic nitrogens is 3. The molecule has 1 aliphatic rings. The largest absolute Gasteiger partial charge is 0.536 e. The third-order valence-electron chi connectivity index (χ3n) is 3.75. The number of imidazole rings is 1. The molecule has 4 nitrogen and oxygen atoms in total. The molecule has 0 amide bonds. The van der Waals surface area contributed by atoms with E-state index < -0.39 is 0 Å². The average molecular weight is 471 g/mol. The monoisotopic (exact) mass is 471 g/mol. The molecule has 0 N–H and O–H groups in total. The van der Waals surface area contributed by atoms with E-state index >= 15 is 0 Å². The summed E-state index contributed by atoms with van der Waals surface area (Å²) >= 11 is 0. The van der Waals surface area contributed by atoms with Gasteiger partial charge in [-0.25, -0.2) is 0 Å². The average Bonchev–Trinajstić information content (AvgIpc) is 3.15. The van der Waals surface area contributed by atoms with Crippen molar-refractivity contribution in [2.75, 3.05) is 6.61 Å². The molecule has 5 heteroatoms. The minimum absolute atomic E-state index is 0. The molecule has 0 fully saturated rings. The summed E-state index contributed by atoms with van der Waals surface area (Å²) < 4.78 is 7.61. The fraction of sp³-hybridized carbons (Fsp3) is 0.176. The van der Waals surface area contributed by atoms with E-state index in [1.807, 2.05) is 37.6 Å². The summed E-state index contributed by atoms with van der Waals surface area (Å²) in [6.45, 7) is 2.80. The molecule has 2 aromatic heterocycles. The van der Waals surface area contributed by atoms with Gasteiger partial charge in [0.2, 0.25) is 0 Å². The normalized spacial score (nSPS) is 12.4. The molecule has 3 heterocycles. The SMILES string of the molecule is Cc1cnccc1-n1ccnc1-c1[c-]cc2c(c1)CCO2.[Pt]. The molecule has 4 rings (SSSR count). The molecule has 0 atom stereocenters. The topological polar surface area (TPSA) is 39.9 Å². The second-order valence-electron chi connectivity index (χ2n) is 5.12. The zero-order chi connectivity index (χ0) is 14.2. The van der Waals surface area contributed by atoms with Crippen molar-refractivity contribution >= 4 is 0 Å². The van der Waals surface area contributed by atoms with Crippen molar-refractivity contribution in [2.45, 2.75) is 13.3 Å². The van der Waals surface area contributed by atoms with Crippen LogP contribution in [0.2, 0.25) is 0 Å². The maximum absolute atomic E-state index is 5.54. The molecule has 0 bridgehead atoms. The Kier molecular flexibility index (Phi) is 4.12. The van der Waals surface area contributed by atoms with E-state index in [4.69, 9.17) is 4.74 Å². The summed E-state index contributed by atoms with van der Waals surface area (Å²) in [7, 11) is 0. The van der Waals surface area contributed by atoms with Crippen molar-refractivity contribution < 1.29 is 25.8 Å². The third-order valence-corrected chi connectivity index (χ3v) is 3.75. The molecule has 22 heavy (non-hydrogen) atoms. The fourth-order valence-corrected chi connectivity index (χ4v) is 2.69. The van der Waals surface area contributed by atoms with Gasteiger partial charge in [0, 0.05) is 57.3 Å². The second-order valence-corrected chi connectivity index (χ2v) is 5.12. The van der Waals surface area contributed by atoms with E-state index in [1.165, 1.54) is 5.56 Å². The first-order valence-electron chi connectivity index (χ1n) is 6.95. The maximum atomic E-state index is 5.54. The Bertz CT molecular complexity index is 813. The number of nitrogens with zero attached hydrogens (tertiary/aromatic N) is 3. The summed E-state index contributed by atoms with van der Waals surface area (Å²) in [6, 6.07) is 9.31. The number of hydrogen-bond acceptors (Lipinski definition) is 3. The Morgan fingerprint density at radius 3 is 3.09 bits per heavy atom. The Hall–Kier alpha value is -1.93. The van der Waals surface area contributed by atoms with Gasteiger partial charge in [0.25, 0.3) is 0 Å². The first-order valence-corrected chi connectivity index (χ1v) is 6.95. The molecule has 0 spiro atoms. The molecule has 114 valence electrons. The predicted molar refractivity (Wildman–Crippen MR) is 79.6 cm³/mol. The third kappa shape index (κ3) is 2.48. The quantitative estimate of drug-likeness (QED) is 0.540. The predicted octanol–water partition coefficient (Wildman–Crippen LogP) is 2.98. The van der Waals surface area contributed by atoms with Gasteiger partial charge in [0.15, 0.2) is 0 Å². The van der Waals surface area contributed by atoms with Gasteiger partial charge in [-0.2, -0.15) is 0 Å². The molecule has 0 radical (unpaired) electrons. The van der Waals surface area contributed by atoms with Crippen molar-refractivity contribution in [3.05, 3.63) is 60.2 Å². The van der Waals surface area contributed by atoms with Gasteiger partial charge < -0.3 is 9.30 Å². The molecule has 0 saturated carbocycles.